The first-order valence-corrected chi connectivity index (χ1v) is 7.00. The Hall–Kier alpha value is -2.15. The van der Waals surface area contributed by atoms with Crippen LogP contribution in [0.4, 0.5) is 5.82 Å². The molecule has 0 aliphatic rings. The number of hydrogen-bond acceptors (Lipinski definition) is 5. The van der Waals surface area contributed by atoms with E-state index in [0.717, 1.165) is 12.4 Å². The zero-order chi connectivity index (χ0) is 15.2. The van der Waals surface area contributed by atoms with Gasteiger partial charge in [-0.25, -0.2) is 4.98 Å². The van der Waals surface area contributed by atoms with E-state index in [9.17, 15) is 4.79 Å². The van der Waals surface area contributed by atoms with E-state index in [2.05, 4.69) is 25.8 Å². The summed E-state index contributed by atoms with van der Waals surface area (Å²) in [6, 6.07) is 1.60. The van der Waals surface area contributed by atoms with Gasteiger partial charge in [0.25, 0.3) is 5.91 Å². The number of anilines is 1. The van der Waals surface area contributed by atoms with Crippen LogP contribution in [0.15, 0.2) is 18.6 Å². The predicted molar refractivity (Wildman–Crippen MR) is 80.5 cm³/mol. The van der Waals surface area contributed by atoms with Gasteiger partial charge in [-0.1, -0.05) is 11.6 Å². The number of rotatable bonds is 6. The first-order chi connectivity index (χ1) is 10.1. The largest absolute Gasteiger partial charge is 0.369 e. The lowest BCUT2D eigenvalue weighted by molar-refractivity contribution is 0.0953. The highest BCUT2D eigenvalue weighted by Gasteiger charge is 2.10. The van der Waals surface area contributed by atoms with Crippen LogP contribution in [0.3, 0.4) is 0 Å². The molecule has 8 heteroatoms. The summed E-state index contributed by atoms with van der Waals surface area (Å²) in [6.07, 6.45) is 3.74. The standard InChI is InChI=1S/C13H17ClN6O/c1-3-15-12-10(14)6-9(7-17-12)13(21)16-5-4-11-19-18-8-20(11)2/h6-8H,3-5H2,1-2H3,(H,15,17)(H,16,21). The summed E-state index contributed by atoms with van der Waals surface area (Å²) in [6.45, 7) is 3.14. The fourth-order valence-electron chi connectivity index (χ4n) is 1.78. The van der Waals surface area contributed by atoms with E-state index in [1.54, 1.807) is 12.4 Å². The molecule has 0 aromatic carbocycles. The van der Waals surface area contributed by atoms with Crippen molar-refractivity contribution in [2.24, 2.45) is 7.05 Å². The van der Waals surface area contributed by atoms with E-state index in [1.165, 1.54) is 6.20 Å². The molecule has 21 heavy (non-hydrogen) atoms. The topological polar surface area (TPSA) is 84.7 Å². The molecule has 2 rings (SSSR count). The van der Waals surface area contributed by atoms with Gasteiger partial charge in [0.1, 0.15) is 18.0 Å². The van der Waals surface area contributed by atoms with Crippen LogP contribution >= 0.6 is 11.6 Å². The first kappa shape index (κ1) is 15.2. The Labute approximate surface area is 127 Å². The minimum absolute atomic E-state index is 0.213. The molecule has 0 atom stereocenters. The third-order valence-electron chi connectivity index (χ3n) is 2.89. The molecule has 0 aliphatic carbocycles. The quantitative estimate of drug-likeness (QED) is 0.839. The van der Waals surface area contributed by atoms with Gasteiger partial charge in [-0.3, -0.25) is 4.79 Å². The molecule has 0 spiro atoms. The second kappa shape index (κ2) is 7.03. The monoisotopic (exact) mass is 308 g/mol. The van der Waals surface area contributed by atoms with Crippen molar-refractivity contribution >= 4 is 23.3 Å². The van der Waals surface area contributed by atoms with Crippen LogP contribution in [0, 0.1) is 0 Å². The van der Waals surface area contributed by atoms with Crippen molar-refractivity contribution in [3.8, 4) is 0 Å². The average Bonchev–Trinajstić information content (AvgIpc) is 2.87. The molecule has 0 saturated carbocycles. The van der Waals surface area contributed by atoms with Gasteiger partial charge in [0.2, 0.25) is 0 Å². The summed E-state index contributed by atoms with van der Waals surface area (Å²) in [4.78, 5) is 16.1. The maximum Gasteiger partial charge on any atom is 0.252 e. The van der Waals surface area contributed by atoms with Gasteiger partial charge < -0.3 is 15.2 Å². The van der Waals surface area contributed by atoms with Crippen LogP contribution in [0.5, 0.6) is 0 Å². The van der Waals surface area contributed by atoms with Gasteiger partial charge in [0.05, 0.1) is 10.6 Å². The Morgan fingerprint density at radius 1 is 1.48 bits per heavy atom. The predicted octanol–water partition coefficient (Wildman–Crippen LogP) is 1.27. The van der Waals surface area contributed by atoms with E-state index >= 15 is 0 Å². The second-order valence-electron chi connectivity index (χ2n) is 4.45. The van der Waals surface area contributed by atoms with Gasteiger partial charge >= 0.3 is 0 Å². The maximum absolute atomic E-state index is 12.0. The second-order valence-corrected chi connectivity index (χ2v) is 4.86. The lowest BCUT2D eigenvalue weighted by Gasteiger charge is -2.08. The Morgan fingerprint density at radius 3 is 2.90 bits per heavy atom. The number of hydrogen-bond donors (Lipinski definition) is 2. The molecule has 0 saturated heterocycles. The minimum Gasteiger partial charge on any atom is -0.369 e. The number of aryl methyl sites for hydroxylation is 1. The highest BCUT2D eigenvalue weighted by molar-refractivity contribution is 6.33. The SMILES string of the molecule is CCNc1ncc(C(=O)NCCc2nncn2C)cc1Cl. The minimum atomic E-state index is -0.213. The van der Waals surface area contributed by atoms with E-state index in [0.29, 0.717) is 29.4 Å². The first-order valence-electron chi connectivity index (χ1n) is 6.62. The van der Waals surface area contributed by atoms with Crippen molar-refractivity contribution in [1.82, 2.24) is 25.1 Å². The summed E-state index contributed by atoms with van der Waals surface area (Å²) in [5.41, 5.74) is 0.430. The molecular formula is C13H17ClN6O. The number of aromatic nitrogens is 4. The smallest absolute Gasteiger partial charge is 0.252 e. The fraction of sp³-hybridized carbons (Fsp3) is 0.385. The molecule has 112 valence electrons. The zero-order valence-corrected chi connectivity index (χ0v) is 12.7. The molecule has 0 bridgehead atoms. The van der Waals surface area contributed by atoms with Gasteiger partial charge in [0.15, 0.2) is 0 Å². The van der Waals surface area contributed by atoms with E-state index in [1.807, 2.05) is 18.5 Å². The molecular weight excluding hydrogens is 292 g/mol. The van der Waals surface area contributed by atoms with Crippen molar-refractivity contribution in [2.75, 3.05) is 18.4 Å². The molecule has 2 aromatic rings. The highest BCUT2D eigenvalue weighted by Crippen LogP contribution is 2.19. The fourth-order valence-corrected chi connectivity index (χ4v) is 2.02. The molecule has 7 nitrogen and oxygen atoms in total. The van der Waals surface area contributed by atoms with Crippen molar-refractivity contribution in [3.05, 3.63) is 35.0 Å². The molecule has 0 fully saturated rings. The van der Waals surface area contributed by atoms with Gasteiger partial charge in [-0.15, -0.1) is 10.2 Å². The summed E-state index contributed by atoms with van der Waals surface area (Å²) in [5.74, 6) is 1.18. The van der Waals surface area contributed by atoms with Crippen LogP contribution in [0.25, 0.3) is 0 Å². The third-order valence-corrected chi connectivity index (χ3v) is 3.18. The number of nitrogens with zero attached hydrogens (tertiary/aromatic N) is 4. The van der Waals surface area contributed by atoms with Crippen LogP contribution in [-0.4, -0.2) is 38.7 Å². The molecule has 2 N–H and O–H groups in total. The molecule has 2 heterocycles. The number of pyridine rings is 1. The van der Waals surface area contributed by atoms with Gasteiger partial charge in [-0.2, -0.15) is 0 Å². The summed E-state index contributed by atoms with van der Waals surface area (Å²) in [5, 5.41) is 14.0. The third kappa shape index (κ3) is 3.91. The Balaban J connectivity index is 1.91. The van der Waals surface area contributed by atoms with Gasteiger partial charge in [-0.05, 0) is 13.0 Å². The number of nitrogens with one attached hydrogen (secondary N) is 2. The Morgan fingerprint density at radius 2 is 2.29 bits per heavy atom. The number of carbonyl (C=O) groups excluding carboxylic acids is 1. The van der Waals surface area contributed by atoms with Crippen molar-refractivity contribution in [1.29, 1.82) is 0 Å². The number of carbonyl (C=O) groups is 1. The lowest BCUT2D eigenvalue weighted by Crippen LogP contribution is -2.26. The summed E-state index contributed by atoms with van der Waals surface area (Å²) in [7, 11) is 1.86. The van der Waals surface area contributed by atoms with E-state index < -0.39 is 0 Å². The lowest BCUT2D eigenvalue weighted by atomic mass is 10.2. The number of amides is 1. The highest BCUT2D eigenvalue weighted by atomic mass is 35.5. The van der Waals surface area contributed by atoms with E-state index in [4.69, 9.17) is 11.6 Å². The Kier molecular flexibility index (Phi) is 5.10. The normalized spacial score (nSPS) is 10.4. The summed E-state index contributed by atoms with van der Waals surface area (Å²) >= 11 is 6.06. The van der Waals surface area contributed by atoms with E-state index in [-0.39, 0.29) is 5.91 Å². The Bertz CT molecular complexity index is 627. The van der Waals surface area contributed by atoms with Gasteiger partial charge in [0, 0.05) is 32.8 Å². The average molecular weight is 309 g/mol. The zero-order valence-electron chi connectivity index (χ0n) is 11.9. The van der Waals surface area contributed by atoms with Crippen molar-refractivity contribution < 1.29 is 4.79 Å². The molecule has 2 aromatic heterocycles. The maximum atomic E-state index is 12.0. The van der Waals surface area contributed by atoms with Crippen LogP contribution in [0.1, 0.15) is 23.1 Å². The van der Waals surface area contributed by atoms with Crippen LogP contribution < -0.4 is 10.6 Å². The van der Waals surface area contributed by atoms with Crippen LogP contribution in [0.2, 0.25) is 5.02 Å². The molecule has 0 aliphatic heterocycles. The van der Waals surface area contributed by atoms with Crippen LogP contribution in [-0.2, 0) is 13.5 Å². The molecule has 0 unspecified atom stereocenters. The summed E-state index contributed by atoms with van der Waals surface area (Å²) < 4.78 is 1.82. The molecule has 1 amide bonds. The van der Waals surface area contributed by atoms with Crippen molar-refractivity contribution in [3.63, 3.8) is 0 Å². The molecule has 0 radical (unpaired) electrons. The van der Waals surface area contributed by atoms with Crippen molar-refractivity contribution in [2.45, 2.75) is 13.3 Å². The number of halogens is 1.